The third kappa shape index (κ3) is 14.0. The molecule has 1 aliphatic rings. The minimum Gasteiger partial charge on any atom is -0.465 e. The van der Waals surface area contributed by atoms with Crippen molar-refractivity contribution in [3.63, 3.8) is 0 Å². The zero-order valence-electron chi connectivity index (χ0n) is 24.8. The summed E-state index contributed by atoms with van der Waals surface area (Å²) in [4.78, 5) is 24.9. The van der Waals surface area contributed by atoms with Crippen LogP contribution in [0.3, 0.4) is 0 Å². The molecule has 4 unspecified atom stereocenters. The second-order valence-corrected chi connectivity index (χ2v) is 12.1. The van der Waals surface area contributed by atoms with Crippen LogP contribution in [0.15, 0.2) is 0 Å². The van der Waals surface area contributed by atoms with E-state index in [4.69, 9.17) is 9.47 Å². The van der Waals surface area contributed by atoms with E-state index in [0.29, 0.717) is 13.2 Å². The highest BCUT2D eigenvalue weighted by Crippen LogP contribution is 2.31. The average molecular weight is 509 g/mol. The van der Waals surface area contributed by atoms with Crippen molar-refractivity contribution in [3.05, 3.63) is 0 Å². The van der Waals surface area contributed by atoms with Gasteiger partial charge in [-0.2, -0.15) is 0 Å². The van der Waals surface area contributed by atoms with Crippen LogP contribution >= 0.6 is 0 Å². The van der Waals surface area contributed by atoms with Gasteiger partial charge in [0.05, 0.1) is 25.0 Å². The first-order valence-corrected chi connectivity index (χ1v) is 15.6. The third-order valence-electron chi connectivity index (χ3n) is 8.96. The number of esters is 2. The maximum Gasteiger partial charge on any atom is 0.308 e. The van der Waals surface area contributed by atoms with Crippen molar-refractivity contribution >= 4 is 11.9 Å². The molecule has 0 spiro atoms. The Morgan fingerprint density at radius 2 is 0.861 bits per heavy atom. The number of ether oxygens (including phenoxy) is 2. The highest BCUT2D eigenvalue weighted by atomic mass is 16.5. The highest BCUT2D eigenvalue weighted by Gasteiger charge is 2.31. The summed E-state index contributed by atoms with van der Waals surface area (Å²) in [7, 11) is 0. The summed E-state index contributed by atoms with van der Waals surface area (Å²) in [5.74, 6) is 2.83. The smallest absolute Gasteiger partial charge is 0.308 e. The van der Waals surface area contributed by atoms with Crippen LogP contribution < -0.4 is 0 Å². The van der Waals surface area contributed by atoms with E-state index in [1.165, 1.54) is 51.4 Å². The molecule has 0 aromatic heterocycles. The van der Waals surface area contributed by atoms with Gasteiger partial charge in [-0.3, -0.25) is 9.59 Å². The predicted molar refractivity (Wildman–Crippen MR) is 151 cm³/mol. The van der Waals surface area contributed by atoms with Crippen LogP contribution in [0.25, 0.3) is 0 Å². The van der Waals surface area contributed by atoms with Crippen LogP contribution in [0.1, 0.15) is 144 Å². The van der Waals surface area contributed by atoms with Gasteiger partial charge in [0.1, 0.15) is 0 Å². The fourth-order valence-corrected chi connectivity index (χ4v) is 5.47. The molecule has 212 valence electrons. The second-order valence-electron chi connectivity index (χ2n) is 12.1. The van der Waals surface area contributed by atoms with Gasteiger partial charge < -0.3 is 9.47 Å². The van der Waals surface area contributed by atoms with Crippen molar-refractivity contribution in [3.8, 4) is 0 Å². The lowest BCUT2D eigenvalue weighted by molar-refractivity contribution is -0.155. The molecule has 0 radical (unpaired) electrons. The summed E-state index contributed by atoms with van der Waals surface area (Å²) in [5, 5.41) is 0. The molecule has 0 aromatic rings. The Bertz CT molecular complexity index is 517. The van der Waals surface area contributed by atoms with Crippen molar-refractivity contribution in [1.82, 2.24) is 0 Å². The molecule has 36 heavy (non-hydrogen) atoms. The summed E-state index contributed by atoms with van der Waals surface area (Å²) < 4.78 is 11.2. The van der Waals surface area contributed by atoms with Crippen LogP contribution in [0.2, 0.25) is 0 Å². The molecular weight excluding hydrogens is 448 g/mol. The van der Waals surface area contributed by atoms with E-state index < -0.39 is 0 Å². The number of carbonyl (C=O) groups excluding carboxylic acids is 2. The summed E-state index contributed by atoms with van der Waals surface area (Å²) in [5.41, 5.74) is 0. The van der Waals surface area contributed by atoms with E-state index >= 15 is 0 Å². The van der Waals surface area contributed by atoms with Gasteiger partial charge >= 0.3 is 11.9 Å². The summed E-state index contributed by atoms with van der Waals surface area (Å²) >= 11 is 0. The first kappa shape index (κ1) is 33.0. The van der Waals surface area contributed by atoms with Crippen molar-refractivity contribution < 1.29 is 19.1 Å². The van der Waals surface area contributed by atoms with Gasteiger partial charge in [0.25, 0.3) is 0 Å². The molecule has 0 saturated heterocycles. The van der Waals surface area contributed by atoms with E-state index in [9.17, 15) is 9.59 Å². The Labute approximate surface area is 224 Å². The van der Waals surface area contributed by atoms with Gasteiger partial charge in [0.2, 0.25) is 0 Å². The lowest BCUT2D eigenvalue weighted by Gasteiger charge is -2.26. The molecule has 4 heteroatoms. The SMILES string of the molecule is CCCCC(C)C(C)CCCCOC(=O)C1CCC(C(=O)OCCCCC(C)C(C)CCCC)CC1. The van der Waals surface area contributed by atoms with E-state index in [0.717, 1.165) is 75.0 Å². The molecule has 1 aliphatic carbocycles. The Morgan fingerprint density at radius 1 is 0.556 bits per heavy atom. The average Bonchev–Trinajstić information content (AvgIpc) is 2.89. The van der Waals surface area contributed by atoms with Crippen LogP contribution in [-0.4, -0.2) is 25.2 Å². The maximum atomic E-state index is 12.5. The summed E-state index contributed by atoms with van der Waals surface area (Å²) in [6, 6.07) is 0. The zero-order valence-corrected chi connectivity index (χ0v) is 24.8. The van der Waals surface area contributed by atoms with Gasteiger partial charge in [0, 0.05) is 0 Å². The van der Waals surface area contributed by atoms with E-state index in [1.54, 1.807) is 0 Å². The van der Waals surface area contributed by atoms with Crippen molar-refractivity contribution in [1.29, 1.82) is 0 Å². The van der Waals surface area contributed by atoms with Crippen LogP contribution in [-0.2, 0) is 19.1 Å². The lowest BCUT2D eigenvalue weighted by atomic mass is 9.82. The summed E-state index contributed by atoms with van der Waals surface area (Å²) in [6.45, 7) is 15.0. The summed E-state index contributed by atoms with van der Waals surface area (Å²) in [6.07, 6.45) is 17.4. The Kier molecular flexibility index (Phi) is 18.3. The van der Waals surface area contributed by atoms with Gasteiger partial charge in [-0.25, -0.2) is 0 Å². The first-order chi connectivity index (χ1) is 17.3. The van der Waals surface area contributed by atoms with Crippen LogP contribution in [0.4, 0.5) is 0 Å². The van der Waals surface area contributed by atoms with E-state index in [1.807, 2.05) is 0 Å². The molecule has 1 rings (SSSR count). The molecular formula is C32H60O4. The van der Waals surface area contributed by atoms with Crippen LogP contribution in [0.5, 0.6) is 0 Å². The second kappa shape index (κ2) is 20.0. The minimum absolute atomic E-state index is 0.0433. The Morgan fingerprint density at radius 3 is 1.17 bits per heavy atom. The van der Waals surface area contributed by atoms with Crippen molar-refractivity contribution in [2.45, 2.75) is 144 Å². The number of unbranched alkanes of at least 4 members (excludes halogenated alkanes) is 4. The topological polar surface area (TPSA) is 52.6 Å². The van der Waals surface area contributed by atoms with E-state index in [2.05, 4.69) is 41.5 Å². The monoisotopic (exact) mass is 508 g/mol. The molecule has 0 aliphatic heterocycles. The lowest BCUT2D eigenvalue weighted by Crippen LogP contribution is -2.28. The van der Waals surface area contributed by atoms with Gasteiger partial charge in [-0.15, -0.1) is 0 Å². The molecule has 0 amide bonds. The molecule has 0 heterocycles. The standard InChI is InChI=1S/C32H60O4/c1-7-9-15-25(3)27(5)17-11-13-23-35-31(33)29-19-21-30(22-20-29)32(34)36-24-14-12-18-28(6)26(4)16-10-8-2/h25-30H,7-24H2,1-6H3. The van der Waals surface area contributed by atoms with Gasteiger partial charge in [-0.05, 0) is 75.0 Å². The number of hydrogen-bond acceptors (Lipinski definition) is 4. The van der Waals surface area contributed by atoms with Gasteiger partial charge in [0.15, 0.2) is 0 Å². The largest absolute Gasteiger partial charge is 0.465 e. The fourth-order valence-electron chi connectivity index (χ4n) is 5.47. The molecule has 1 saturated carbocycles. The maximum absolute atomic E-state index is 12.5. The van der Waals surface area contributed by atoms with Crippen molar-refractivity contribution in [2.24, 2.45) is 35.5 Å². The molecule has 0 aromatic carbocycles. The Balaban J connectivity index is 2.10. The number of hydrogen-bond donors (Lipinski definition) is 0. The zero-order chi connectivity index (χ0) is 26.8. The highest BCUT2D eigenvalue weighted by molar-refractivity contribution is 5.75. The fraction of sp³-hybridized carbons (Fsp3) is 0.938. The van der Waals surface area contributed by atoms with Crippen LogP contribution in [0, 0.1) is 35.5 Å². The molecule has 1 fully saturated rings. The molecule has 0 N–H and O–H groups in total. The normalized spacial score (nSPS) is 21.4. The molecule has 4 atom stereocenters. The molecule has 0 bridgehead atoms. The number of rotatable bonds is 20. The quantitative estimate of drug-likeness (QED) is 0.121. The predicted octanol–water partition coefficient (Wildman–Crippen LogP) is 9.14. The number of carbonyl (C=O) groups is 2. The Hall–Kier alpha value is -1.06. The van der Waals surface area contributed by atoms with Crippen molar-refractivity contribution in [2.75, 3.05) is 13.2 Å². The minimum atomic E-state index is -0.0616. The third-order valence-corrected chi connectivity index (χ3v) is 8.96. The van der Waals surface area contributed by atoms with E-state index in [-0.39, 0.29) is 23.8 Å². The van der Waals surface area contributed by atoms with Gasteiger partial charge in [-0.1, -0.05) is 92.9 Å². The first-order valence-electron chi connectivity index (χ1n) is 15.6. The molecule has 4 nitrogen and oxygen atoms in total.